The quantitative estimate of drug-likeness (QED) is 0.753. The van der Waals surface area contributed by atoms with Crippen molar-refractivity contribution in [2.45, 2.75) is 25.9 Å². The number of aromatic hydroxyl groups is 2. The fraction of sp³-hybridized carbons (Fsp3) is 0.500. The molecule has 1 fully saturated rings. The molecular formula is C14H19NO4. The van der Waals surface area contributed by atoms with E-state index in [1.165, 1.54) is 18.2 Å². The molecule has 1 aliphatic rings. The van der Waals surface area contributed by atoms with E-state index < -0.39 is 0 Å². The van der Waals surface area contributed by atoms with Gasteiger partial charge in [-0.15, -0.1) is 0 Å². The van der Waals surface area contributed by atoms with Gasteiger partial charge in [0.2, 0.25) is 0 Å². The number of aliphatic hydroxyl groups excluding tert-OH is 1. The Kier molecular flexibility index (Phi) is 3.95. The molecule has 1 aliphatic heterocycles. The minimum absolute atomic E-state index is 0.123. The van der Waals surface area contributed by atoms with Gasteiger partial charge in [-0.25, -0.2) is 0 Å². The first-order valence-corrected chi connectivity index (χ1v) is 6.47. The van der Waals surface area contributed by atoms with Crippen molar-refractivity contribution in [3.8, 4) is 11.5 Å². The molecule has 1 aromatic rings. The molecule has 3 N–H and O–H groups in total. The van der Waals surface area contributed by atoms with Gasteiger partial charge in [0.25, 0.3) is 5.91 Å². The lowest BCUT2D eigenvalue weighted by atomic mass is 9.92. The third-order valence-corrected chi connectivity index (χ3v) is 3.66. The number of nitrogens with zero attached hydrogens (tertiary/aromatic N) is 1. The van der Waals surface area contributed by atoms with Crippen LogP contribution in [0.1, 0.15) is 30.1 Å². The van der Waals surface area contributed by atoms with Crippen LogP contribution in [0.4, 0.5) is 0 Å². The maximum atomic E-state index is 12.2. The summed E-state index contributed by atoms with van der Waals surface area (Å²) in [5.74, 6) is -0.207. The fourth-order valence-electron chi connectivity index (χ4n) is 2.49. The van der Waals surface area contributed by atoms with Crippen molar-refractivity contribution in [1.29, 1.82) is 0 Å². The lowest BCUT2D eigenvalue weighted by Gasteiger charge is -2.33. The number of hydrogen-bond acceptors (Lipinski definition) is 4. The van der Waals surface area contributed by atoms with Crippen LogP contribution in [0.3, 0.4) is 0 Å². The summed E-state index contributed by atoms with van der Waals surface area (Å²) in [4.78, 5) is 13.9. The van der Waals surface area contributed by atoms with Gasteiger partial charge in [0.05, 0.1) is 6.10 Å². The first kappa shape index (κ1) is 13.7. The van der Waals surface area contributed by atoms with Gasteiger partial charge in [-0.05, 0) is 37.8 Å². The van der Waals surface area contributed by atoms with E-state index in [1.54, 1.807) is 11.8 Å². The summed E-state index contributed by atoms with van der Waals surface area (Å²) in [5, 5.41) is 28.3. The van der Waals surface area contributed by atoms with Gasteiger partial charge >= 0.3 is 0 Å². The van der Waals surface area contributed by atoms with Crippen molar-refractivity contribution in [1.82, 2.24) is 4.90 Å². The number of carbonyl (C=O) groups is 1. The average molecular weight is 265 g/mol. The molecule has 1 atom stereocenters. The van der Waals surface area contributed by atoms with Gasteiger partial charge in [-0.1, -0.05) is 0 Å². The third kappa shape index (κ3) is 3.17. The fourth-order valence-corrected chi connectivity index (χ4v) is 2.49. The maximum absolute atomic E-state index is 12.2. The van der Waals surface area contributed by atoms with Crippen molar-refractivity contribution in [2.75, 3.05) is 13.1 Å². The molecule has 0 spiro atoms. The Labute approximate surface area is 112 Å². The summed E-state index contributed by atoms with van der Waals surface area (Å²) in [7, 11) is 0. The average Bonchev–Trinajstić information content (AvgIpc) is 2.37. The van der Waals surface area contributed by atoms with E-state index in [1.807, 2.05) is 0 Å². The Morgan fingerprint density at radius 3 is 2.21 bits per heavy atom. The second kappa shape index (κ2) is 5.48. The molecule has 5 nitrogen and oxygen atoms in total. The predicted molar refractivity (Wildman–Crippen MR) is 70.1 cm³/mol. The molecular weight excluding hydrogens is 246 g/mol. The molecule has 1 heterocycles. The van der Waals surface area contributed by atoms with Crippen LogP contribution >= 0.6 is 0 Å². The Bertz CT molecular complexity index is 444. The summed E-state index contributed by atoms with van der Waals surface area (Å²) in [6, 6.07) is 3.89. The van der Waals surface area contributed by atoms with E-state index in [0.29, 0.717) is 13.1 Å². The highest BCUT2D eigenvalue weighted by Gasteiger charge is 2.26. The van der Waals surface area contributed by atoms with Gasteiger partial charge in [0, 0.05) is 24.7 Å². The number of piperidine rings is 1. The van der Waals surface area contributed by atoms with Gasteiger partial charge in [0.15, 0.2) is 0 Å². The molecule has 1 saturated heterocycles. The number of likely N-dealkylation sites (tertiary alicyclic amines) is 1. The number of hydrogen-bond donors (Lipinski definition) is 3. The Morgan fingerprint density at radius 1 is 1.21 bits per heavy atom. The summed E-state index contributed by atoms with van der Waals surface area (Å²) >= 11 is 0. The number of aliphatic hydroxyl groups is 1. The van der Waals surface area contributed by atoms with Crippen LogP contribution in [0.15, 0.2) is 18.2 Å². The molecule has 0 saturated carbocycles. The van der Waals surface area contributed by atoms with Crippen molar-refractivity contribution in [3.05, 3.63) is 23.8 Å². The highest BCUT2D eigenvalue weighted by molar-refractivity contribution is 5.95. The van der Waals surface area contributed by atoms with Crippen molar-refractivity contribution >= 4 is 5.91 Å². The lowest BCUT2D eigenvalue weighted by molar-refractivity contribution is 0.0521. The van der Waals surface area contributed by atoms with Gasteiger partial charge < -0.3 is 20.2 Å². The zero-order valence-electron chi connectivity index (χ0n) is 10.9. The van der Waals surface area contributed by atoms with Crippen LogP contribution in [0.25, 0.3) is 0 Å². The summed E-state index contributed by atoms with van der Waals surface area (Å²) in [6.45, 7) is 2.95. The second-order valence-electron chi connectivity index (χ2n) is 5.11. The third-order valence-electron chi connectivity index (χ3n) is 3.66. The van der Waals surface area contributed by atoms with E-state index >= 15 is 0 Å². The zero-order chi connectivity index (χ0) is 14.0. The number of benzene rings is 1. The molecule has 1 aromatic carbocycles. The number of phenolic OH excluding ortho intramolecular Hbond substituents is 2. The van der Waals surface area contributed by atoms with Gasteiger partial charge in [-0.3, -0.25) is 4.79 Å². The van der Waals surface area contributed by atoms with E-state index in [9.17, 15) is 20.1 Å². The lowest BCUT2D eigenvalue weighted by Crippen LogP contribution is -2.40. The number of phenols is 2. The smallest absolute Gasteiger partial charge is 0.254 e. The molecule has 19 heavy (non-hydrogen) atoms. The molecule has 0 aromatic heterocycles. The molecule has 1 unspecified atom stereocenters. The Balaban J connectivity index is 2.05. The van der Waals surface area contributed by atoms with Crippen LogP contribution in [0.5, 0.6) is 11.5 Å². The van der Waals surface area contributed by atoms with Crippen LogP contribution in [0, 0.1) is 5.92 Å². The molecule has 0 aliphatic carbocycles. The van der Waals surface area contributed by atoms with E-state index in [0.717, 1.165) is 12.8 Å². The molecule has 104 valence electrons. The second-order valence-corrected chi connectivity index (χ2v) is 5.11. The normalized spacial score (nSPS) is 18.3. The molecule has 5 heteroatoms. The first-order chi connectivity index (χ1) is 8.97. The van der Waals surface area contributed by atoms with Crippen LogP contribution in [0.2, 0.25) is 0 Å². The number of carbonyl (C=O) groups excluding carboxylic acids is 1. The molecule has 1 amide bonds. The van der Waals surface area contributed by atoms with Crippen molar-refractivity contribution in [2.24, 2.45) is 5.92 Å². The summed E-state index contributed by atoms with van der Waals surface area (Å²) in [6.07, 6.45) is 1.20. The largest absolute Gasteiger partial charge is 0.508 e. The number of rotatable bonds is 2. The van der Waals surface area contributed by atoms with E-state index in [2.05, 4.69) is 0 Å². The minimum Gasteiger partial charge on any atom is -0.508 e. The van der Waals surface area contributed by atoms with Crippen LogP contribution < -0.4 is 0 Å². The standard InChI is InChI=1S/C14H19NO4/c1-9(16)10-2-4-15(5-3-10)14(19)11-6-12(17)8-13(18)7-11/h6-10,16-18H,2-5H2,1H3. The minimum atomic E-state index is -0.345. The van der Waals surface area contributed by atoms with E-state index in [4.69, 9.17) is 0 Å². The maximum Gasteiger partial charge on any atom is 0.254 e. The summed E-state index contributed by atoms with van der Waals surface area (Å²) in [5.41, 5.74) is 0.285. The van der Waals surface area contributed by atoms with E-state index in [-0.39, 0.29) is 35.0 Å². The van der Waals surface area contributed by atoms with Gasteiger partial charge in [-0.2, -0.15) is 0 Å². The monoisotopic (exact) mass is 265 g/mol. The Hall–Kier alpha value is -1.75. The van der Waals surface area contributed by atoms with Crippen LogP contribution in [-0.2, 0) is 0 Å². The van der Waals surface area contributed by atoms with Crippen molar-refractivity contribution in [3.63, 3.8) is 0 Å². The van der Waals surface area contributed by atoms with Crippen LogP contribution in [-0.4, -0.2) is 45.3 Å². The molecule has 2 rings (SSSR count). The number of amides is 1. The highest BCUT2D eigenvalue weighted by Crippen LogP contribution is 2.25. The predicted octanol–water partition coefficient (Wildman–Crippen LogP) is 1.33. The van der Waals surface area contributed by atoms with Crippen molar-refractivity contribution < 1.29 is 20.1 Å². The zero-order valence-corrected chi connectivity index (χ0v) is 10.9. The van der Waals surface area contributed by atoms with Gasteiger partial charge in [0.1, 0.15) is 11.5 Å². The first-order valence-electron chi connectivity index (χ1n) is 6.47. The Morgan fingerprint density at radius 2 is 1.74 bits per heavy atom. The molecule has 0 radical (unpaired) electrons. The highest BCUT2D eigenvalue weighted by atomic mass is 16.3. The summed E-state index contributed by atoms with van der Waals surface area (Å²) < 4.78 is 0. The molecule has 0 bridgehead atoms. The SMILES string of the molecule is CC(O)C1CCN(C(=O)c2cc(O)cc(O)c2)CC1. The topological polar surface area (TPSA) is 81.0 Å².